The van der Waals surface area contributed by atoms with E-state index < -0.39 is 0 Å². The largest absolute Gasteiger partial charge is 0.497 e. The van der Waals surface area contributed by atoms with Gasteiger partial charge in [-0.1, -0.05) is 34.1 Å². The number of para-hydroxylation sites is 1. The van der Waals surface area contributed by atoms with Crippen molar-refractivity contribution in [2.75, 3.05) is 44.9 Å². The number of anilines is 1. The van der Waals surface area contributed by atoms with E-state index in [0.717, 1.165) is 44.3 Å². The Morgan fingerprint density at radius 1 is 1.10 bits per heavy atom. The van der Waals surface area contributed by atoms with Crippen LogP contribution < -0.4 is 15.0 Å². The molecule has 4 nitrogen and oxygen atoms in total. The van der Waals surface area contributed by atoms with Gasteiger partial charge in [-0.15, -0.1) is 0 Å². The van der Waals surface area contributed by atoms with E-state index >= 15 is 0 Å². The number of likely N-dealkylation sites (tertiary alicyclic amines) is 1. The summed E-state index contributed by atoms with van der Waals surface area (Å²) in [5.41, 5.74) is 4.04. The van der Waals surface area contributed by atoms with E-state index in [0.29, 0.717) is 0 Å². The van der Waals surface area contributed by atoms with Crippen molar-refractivity contribution in [3.8, 4) is 5.75 Å². The quantitative estimate of drug-likeness (QED) is 0.613. The van der Waals surface area contributed by atoms with Crippen LogP contribution in [-0.2, 0) is 6.42 Å². The van der Waals surface area contributed by atoms with Crippen molar-refractivity contribution in [2.24, 2.45) is 5.92 Å². The first-order valence-corrected chi connectivity index (χ1v) is 11.8. The lowest BCUT2D eigenvalue weighted by atomic mass is 9.90. The van der Waals surface area contributed by atoms with Gasteiger partial charge in [0.2, 0.25) is 0 Å². The minimum Gasteiger partial charge on any atom is -0.497 e. The summed E-state index contributed by atoms with van der Waals surface area (Å²) in [6.07, 6.45) is 7.15. The van der Waals surface area contributed by atoms with Crippen LogP contribution in [0.5, 0.6) is 5.75 Å². The number of piperidine rings is 1. The highest BCUT2D eigenvalue weighted by Crippen LogP contribution is 2.29. The van der Waals surface area contributed by atoms with E-state index in [1.807, 2.05) is 6.07 Å². The Hall–Kier alpha value is -1.98. The van der Waals surface area contributed by atoms with Crippen LogP contribution in [0.2, 0.25) is 0 Å². The number of methoxy groups -OCH3 is 1. The maximum Gasteiger partial charge on any atom is 0.119 e. The van der Waals surface area contributed by atoms with Gasteiger partial charge in [0.05, 0.1) is 13.8 Å². The molecule has 0 unspecified atom stereocenters. The molecule has 0 radical (unpaired) electrons. The molecule has 30 heavy (non-hydrogen) atoms. The Morgan fingerprint density at radius 2 is 1.90 bits per heavy atom. The molecule has 2 heterocycles. The molecular formula is C25H32BrN3O. The molecule has 5 heteroatoms. The van der Waals surface area contributed by atoms with E-state index in [-0.39, 0.29) is 0 Å². The number of nitrogens with one attached hydrogen (secondary N) is 1. The van der Waals surface area contributed by atoms with Crippen LogP contribution in [0.15, 0.2) is 64.8 Å². The van der Waals surface area contributed by atoms with Crippen LogP contribution in [0, 0.1) is 5.92 Å². The molecule has 0 bridgehead atoms. The summed E-state index contributed by atoms with van der Waals surface area (Å²) in [6, 6.07) is 16.9. The first-order valence-electron chi connectivity index (χ1n) is 11.0. The molecule has 0 spiro atoms. The number of rotatable bonds is 7. The first kappa shape index (κ1) is 21.3. The molecule has 4 rings (SSSR count). The molecule has 1 saturated heterocycles. The van der Waals surface area contributed by atoms with E-state index in [4.69, 9.17) is 4.74 Å². The van der Waals surface area contributed by atoms with Crippen molar-refractivity contribution < 1.29 is 4.74 Å². The third-order valence-electron chi connectivity index (χ3n) is 6.34. The highest BCUT2D eigenvalue weighted by molar-refractivity contribution is 9.10. The summed E-state index contributed by atoms with van der Waals surface area (Å²) >= 11 is 3.70. The van der Waals surface area contributed by atoms with Crippen LogP contribution in [-0.4, -0.2) is 44.9 Å². The van der Waals surface area contributed by atoms with Gasteiger partial charge in [0, 0.05) is 28.9 Å². The second-order valence-corrected chi connectivity index (χ2v) is 9.17. The van der Waals surface area contributed by atoms with Crippen molar-refractivity contribution >= 4 is 21.6 Å². The van der Waals surface area contributed by atoms with E-state index in [1.54, 1.807) is 7.11 Å². The third-order valence-corrected chi connectivity index (χ3v) is 7.12. The maximum absolute atomic E-state index is 5.39. The fourth-order valence-corrected chi connectivity index (χ4v) is 4.83. The second kappa shape index (κ2) is 10.4. The number of benzene rings is 2. The summed E-state index contributed by atoms with van der Waals surface area (Å²) in [4.78, 5) is 4.99. The van der Waals surface area contributed by atoms with Crippen molar-refractivity contribution in [1.82, 2.24) is 10.2 Å². The summed E-state index contributed by atoms with van der Waals surface area (Å²) in [5.74, 6) is 1.71. The van der Waals surface area contributed by atoms with Crippen molar-refractivity contribution in [2.45, 2.75) is 25.7 Å². The predicted molar refractivity (Wildman–Crippen MR) is 128 cm³/mol. The van der Waals surface area contributed by atoms with Crippen LogP contribution in [0.1, 0.15) is 24.8 Å². The molecule has 2 aliphatic heterocycles. The topological polar surface area (TPSA) is 27.7 Å². The number of hydrogen-bond acceptors (Lipinski definition) is 4. The molecule has 2 aromatic carbocycles. The van der Waals surface area contributed by atoms with Gasteiger partial charge in [0.1, 0.15) is 5.75 Å². The lowest BCUT2D eigenvalue weighted by Gasteiger charge is -2.34. The average Bonchev–Trinajstić information content (AvgIpc) is 2.81. The lowest BCUT2D eigenvalue weighted by Crippen LogP contribution is -2.40. The molecule has 160 valence electrons. The van der Waals surface area contributed by atoms with E-state index in [2.05, 4.69) is 79.6 Å². The fraction of sp³-hybridized carbons (Fsp3) is 0.440. The van der Waals surface area contributed by atoms with Crippen LogP contribution >= 0.6 is 15.9 Å². The Bertz CT molecular complexity index is 847. The predicted octanol–water partition coefficient (Wildman–Crippen LogP) is 5.05. The number of halogens is 1. The van der Waals surface area contributed by atoms with E-state index in [1.165, 1.54) is 47.4 Å². The Kier molecular flexibility index (Phi) is 7.34. The minimum absolute atomic E-state index is 0.760. The van der Waals surface area contributed by atoms with Crippen LogP contribution in [0.3, 0.4) is 0 Å². The summed E-state index contributed by atoms with van der Waals surface area (Å²) in [7, 11) is 1.74. The lowest BCUT2D eigenvalue weighted by molar-refractivity contribution is 0.185. The SMILES string of the molecule is COc1ccc(Br)c(CC2CCN(CCC3=CCN(c4ccccc4)CN3)CC2)c1. The standard InChI is InChI=1S/C25H32BrN3O/c1-30-24-7-8-25(26)21(18-24)17-20-9-13-28(14-10-20)15-11-22-12-16-29(19-27-22)23-5-3-2-4-6-23/h2-8,12,18,20,27H,9-11,13-17,19H2,1H3. The molecule has 2 aliphatic rings. The molecular weight excluding hydrogens is 438 g/mol. The average molecular weight is 470 g/mol. The number of hydrogen-bond donors (Lipinski definition) is 1. The van der Waals surface area contributed by atoms with Crippen molar-refractivity contribution in [3.05, 3.63) is 70.3 Å². The molecule has 0 aromatic heterocycles. The zero-order chi connectivity index (χ0) is 20.8. The van der Waals surface area contributed by atoms with Gasteiger partial charge in [-0.05, 0) is 86.7 Å². The zero-order valence-corrected chi connectivity index (χ0v) is 19.4. The molecule has 1 fully saturated rings. The van der Waals surface area contributed by atoms with Gasteiger partial charge in [0.25, 0.3) is 0 Å². The highest BCUT2D eigenvalue weighted by Gasteiger charge is 2.21. The Morgan fingerprint density at radius 3 is 2.60 bits per heavy atom. The first-order chi connectivity index (χ1) is 14.7. The van der Waals surface area contributed by atoms with E-state index in [9.17, 15) is 0 Å². The minimum atomic E-state index is 0.760. The highest BCUT2D eigenvalue weighted by atomic mass is 79.9. The number of nitrogens with zero attached hydrogens (tertiary/aromatic N) is 2. The summed E-state index contributed by atoms with van der Waals surface area (Å²) < 4.78 is 6.59. The Balaban J connectivity index is 1.20. The monoisotopic (exact) mass is 469 g/mol. The number of ether oxygens (including phenoxy) is 1. The van der Waals surface area contributed by atoms with Gasteiger partial charge in [-0.25, -0.2) is 0 Å². The molecule has 0 saturated carbocycles. The van der Waals surface area contributed by atoms with Gasteiger partial charge in [0.15, 0.2) is 0 Å². The molecule has 0 amide bonds. The molecule has 0 atom stereocenters. The van der Waals surface area contributed by atoms with Crippen molar-refractivity contribution in [1.29, 1.82) is 0 Å². The molecule has 0 aliphatic carbocycles. The normalized spacial score (nSPS) is 18.1. The fourth-order valence-electron chi connectivity index (χ4n) is 4.42. The van der Waals surface area contributed by atoms with Crippen LogP contribution in [0.4, 0.5) is 5.69 Å². The van der Waals surface area contributed by atoms with Gasteiger partial charge in [-0.3, -0.25) is 0 Å². The zero-order valence-electron chi connectivity index (χ0n) is 17.8. The van der Waals surface area contributed by atoms with Gasteiger partial charge >= 0.3 is 0 Å². The van der Waals surface area contributed by atoms with Crippen molar-refractivity contribution in [3.63, 3.8) is 0 Å². The molecule has 1 N–H and O–H groups in total. The van der Waals surface area contributed by atoms with Gasteiger partial charge < -0.3 is 19.9 Å². The Labute approximate surface area is 189 Å². The summed E-state index contributed by atoms with van der Waals surface area (Å²) in [6.45, 7) is 5.45. The molecule has 2 aromatic rings. The van der Waals surface area contributed by atoms with Gasteiger partial charge in [-0.2, -0.15) is 0 Å². The van der Waals surface area contributed by atoms with Crippen LogP contribution in [0.25, 0.3) is 0 Å². The summed E-state index contributed by atoms with van der Waals surface area (Å²) in [5, 5.41) is 3.61. The maximum atomic E-state index is 5.39. The smallest absolute Gasteiger partial charge is 0.119 e. The third kappa shape index (κ3) is 5.58. The second-order valence-electron chi connectivity index (χ2n) is 8.32.